The van der Waals surface area contributed by atoms with E-state index >= 15 is 0 Å². The number of amides is 1. The Hall–Kier alpha value is -2.59. The molecular weight excluding hydrogens is 362 g/mol. The van der Waals surface area contributed by atoms with Gasteiger partial charge < -0.3 is 14.7 Å². The van der Waals surface area contributed by atoms with Crippen LogP contribution in [0, 0.1) is 0 Å². The van der Waals surface area contributed by atoms with Gasteiger partial charge in [0.1, 0.15) is 6.61 Å². The summed E-state index contributed by atoms with van der Waals surface area (Å²) in [6.45, 7) is 2.28. The van der Waals surface area contributed by atoms with Crippen LogP contribution in [0.4, 0.5) is 4.79 Å². The molecule has 4 nitrogen and oxygen atoms in total. The molecule has 2 unspecified atom stereocenters. The topological polar surface area (TPSA) is 49.8 Å². The van der Waals surface area contributed by atoms with Crippen molar-refractivity contribution < 1.29 is 14.6 Å². The Morgan fingerprint density at radius 1 is 1.07 bits per heavy atom. The lowest BCUT2D eigenvalue weighted by Gasteiger charge is -2.42. The van der Waals surface area contributed by atoms with Crippen molar-refractivity contribution in [3.8, 4) is 11.1 Å². The quantitative estimate of drug-likeness (QED) is 0.762. The van der Waals surface area contributed by atoms with Crippen LogP contribution in [0.25, 0.3) is 11.1 Å². The van der Waals surface area contributed by atoms with Gasteiger partial charge >= 0.3 is 6.09 Å². The number of aliphatic hydroxyl groups is 1. The molecule has 1 aliphatic carbocycles. The van der Waals surface area contributed by atoms with Crippen LogP contribution in [0.3, 0.4) is 0 Å². The third kappa shape index (κ3) is 3.06. The highest BCUT2D eigenvalue weighted by Crippen LogP contribution is 2.45. The van der Waals surface area contributed by atoms with Gasteiger partial charge in [-0.1, -0.05) is 60.7 Å². The summed E-state index contributed by atoms with van der Waals surface area (Å²) in [5, 5.41) is 10.8. The number of benzene rings is 2. The maximum absolute atomic E-state index is 13.0. The smallest absolute Gasteiger partial charge is 0.410 e. The maximum atomic E-state index is 13.0. The van der Waals surface area contributed by atoms with Gasteiger partial charge in [0.2, 0.25) is 0 Å². The van der Waals surface area contributed by atoms with Gasteiger partial charge in [0.05, 0.1) is 5.60 Å². The van der Waals surface area contributed by atoms with Gasteiger partial charge in [-0.05, 0) is 42.0 Å². The molecule has 2 saturated heterocycles. The highest BCUT2D eigenvalue weighted by atomic mass is 16.6. The number of fused-ring (bicyclic) bond motifs is 5. The Labute approximate surface area is 171 Å². The summed E-state index contributed by atoms with van der Waals surface area (Å²) >= 11 is 0. The lowest BCUT2D eigenvalue weighted by molar-refractivity contribution is -0.0172. The highest BCUT2D eigenvalue weighted by Gasteiger charge is 2.49. The summed E-state index contributed by atoms with van der Waals surface area (Å²) in [5.41, 5.74) is 4.13. The first-order chi connectivity index (χ1) is 14.1. The van der Waals surface area contributed by atoms with Crippen molar-refractivity contribution in [1.82, 2.24) is 4.90 Å². The first-order valence-electron chi connectivity index (χ1n) is 10.6. The van der Waals surface area contributed by atoms with Crippen LogP contribution in [0.2, 0.25) is 0 Å². The Morgan fingerprint density at radius 3 is 2.17 bits per heavy atom. The molecule has 0 aromatic heterocycles. The molecule has 29 heavy (non-hydrogen) atoms. The summed E-state index contributed by atoms with van der Waals surface area (Å²) in [6.07, 6.45) is 6.62. The first-order valence-corrected chi connectivity index (χ1v) is 10.6. The molecule has 4 heteroatoms. The second-order valence-corrected chi connectivity index (χ2v) is 8.61. The monoisotopic (exact) mass is 389 g/mol. The number of carbonyl (C=O) groups is 1. The third-order valence-corrected chi connectivity index (χ3v) is 6.82. The van der Waals surface area contributed by atoms with E-state index < -0.39 is 5.60 Å². The maximum Gasteiger partial charge on any atom is 0.410 e. The minimum Gasteiger partial charge on any atom is -0.448 e. The Kier molecular flexibility index (Phi) is 4.47. The fourth-order valence-corrected chi connectivity index (χ4v) is 5.67. The van der Waals surface area contributed by atoms with Crippen LogP contribution in [0.5, 0.6) is 0 Å². The number of nitrogens with zero attached hydrogens (tertiary/aromatic N) is 1. The third-order valence-electron chi connectivity index (χ3n) is 6.82. The Balaban J connectivity index is 1.32. The predicted octanol–water partition coefficient (Wildman–Crippen LogP) is 4.87. The van der Waals surface area contributed by atoms with E-state index in [0.29, 0.717) is 19.4 Å². The molecule has 0 radical (unpaired) electrons. The van der Waals surface area contributed by atoms with Crippen molar-refractivity contribution in [2.24, 2.45) is 0 Å². The molecule has 2 bridgehead atoms. The molecule has 3 aliphatic rings. The van der Waals surface area contributed by atoms with Crippen molar-refractivity contribution in [2.75, 3.05) is 6.61 Å². The number of piperidine rings is 1. The normalized spacial score (nSPS) is 27.9. The molecule has 2 atom stereocenters. The van der Waals surface area contributed by atoms with E-state index in [1.54, 1.807) is 0 Å². The number of rotatable bonds is 3. The van der Waals surface area contributed by atoms with E-state index in [1.807, 2.05) is 36.1 Å². The van der Waals surface area contributed by atoms with Crippen LogP contribution in [0.15, 0.2) is 60.7 Å². The molecular formula is C25H27NO3. The molecule has 1 N–H and O–H groups in total. The summed E-state index contributed by atoms with van der Waals surface area (Å²) in [5.74, 6) is 0.0775. The highest BCUT2D eigenvalue weighted by molar-refractivity contribution is 5.79. The lowest BCUT2D eigenvalue weighted by Crippen LogP contribution is -2.52. The fraction of sp³-hybridized carbons (Fsp3) is 0.400. The molecule has 2 aromatic carbocycles. The second kappa shape index (κ2) is 7.03. The van der Waals surface area contributed by atoms with Crippen LogP contribution in [-0.2, 0) is 4.74 Å². The molecule has 150 valence electrons. The minimum absolute atomic E-state index is 0.0607. The summed E-state index contributed by atoms with van der Waals surface area (Å²) in [4.78, 5) is 14.9. The van der Waals surface area contributed by atoms with Crippen LogP contribution < -0.4 is 0 Å². The van der Waals surface area contributed by atoms with Crippen molar-refractivity contribution in [3.63, 3.8) is 0 Å². The van der Waals surface area contributed by atoms with Crippen molar-refractivity contribution in [3.05, 3.63) is 71.8 Å². The molecule has 2 aromatic rings. The zero-order valence-electron chi connectivity index (χ0n) is 16.8. The Bertz CT molecular complexity index is 907. The van der Waals surface area contributed by atoms with Crippen LogP contribution in [-0.4, -0.2) is 40.4 Å². The summed E-state index contributed by atoms with van der Waals surface area (Å²) < 4.78 is 5.88. The predicted molar refractivity (Wildman–Crippen MR) is 113 cm³/mol. The van der Waals surface area contributed by atoms with E-state index in [9.17, 15) is 9.90 Å². The number of ether oxygens (including phenoxy) is 1. The SMILES string of the molecule is C/C=C\C1(O)CC2CCC(C1)N2C(=O)OCC1c2ccccc2-c2ccccc21. The number of hydrogen-bond donors (Lipinski definition) is 1. The number of hydrogen-bond acceptors (Lipinski definition) is 3. The zero-order valence-corrected chi connectivity index (χ0v) is 16.8. The Morgan fingerprint density at radius 2 is 1.62 bits per heavy atom. The summed E-state index contributed by atoms with van der Waals surface area (Å²) in [6, 6.07) is 16.9. The minimum atomic E-state index is -0.791. The van der Waals surface area contributed by atoms with Gasteiger partial charge in [0.25, 0.3) is 0 Å². The van der Waals surface area contributed by atoms with Gasteiger partial charge in [0, 0.05) is 30.8 Å². The van der Waals surface area contributed by atoms with E-state index in [2.05, 4.69) is 36.4 Å². The second-order valence-electron chi connectivity index (χ2n) is 8.61. The van der Waals surface area contributed by atoms with Crippen LogP contribution in [0.1, 0.15) is 49.7 Å². The molecule has 2 fully saturated rings. The van der Waals surface area contributed by atoms with Crippen molar-refractivity contribution >= 4 is 6.09 Å². The fourth-order valence-electron chi connectivity index (χ4n) is 5.67. The van der Waals surface area contributed by atoms with E-state index in [0.717, 1.165) is 12.8 Å². The average Bonchev–Trinajstić information content (AvgIpc) is 3.19. The van der Waals surface area contributed by atoms with E-state index in [1.165, 1.54) is 22.3 Å². The molecule has 2 aliphatic heterocycles. The van der Waals surface area contributed by atoms with Gasteiger partial charge in [-0.15, -0.1) is 0 Å². The molecule has 2 heterocycles. The zero-order chi connectivity index (χ0) is 20.0. The van der Waals surface area contributed by atoms with E-state index in [-0.39, 0.29) is 24.1 Å². The standard InChI is InChI=1S/C25H27NO3/c1-2-13-25(28)14-17-11-12-18(15-25)26(17)24(27)29-16-23-21-9-5-3-7-19(21)20-8-4-6-10-22(20)23/h2-10,13,17-18,23,28H,11-12,14-16H2,1H3/b13-2-. The van der Waals surface area contributed by atoms with Gasteiger partial charge in [-0.3, -0.25) is 0 Å². The molecule has 0 spiro atoms. The molecule has 5 rings (SSSR count). The lowest BCUT2D eigenvalue weighted by atomic mass is 9.86. The number of carbonyl (C=O) groups excluding carboxylic acids is 1. The van der Waals surface area contributed by atoms with Gasteiger partial charge in [-0.25, -0.2) is 4.79 Å². The molecule has 0 saturated carbocycles. The van der Waals surface area contributed by atoms with Crippen molar-refractivity contribution in [1.29, 1.82) is 0 Å². The number of allylic oxidation sites excluding steroid dienone is 1. The van der Waals surface area contributed by atoms with Crippen molar-refractivity contribution in [2.45, 2.75) is 56.2 Å². The van der Waals surface area contributed by atoms with Gasteiger partial charge in [-0.2, -0.15) is 0 Å². The largest absolute Gasteiger partial charge is 0.448 e. The van der Waals surface area contributed by atoms with Crippen LogP contribution >= 0.6 is 0 Å². The average molecular weight is 389 g/mol. The summed E-state index contributed by atoms with van der Waals surface area (Å²) in [7, 11) is 0. The first kappa shape index (κ1) is 18.4. The van der Waals surface area contributed by atoms with Gasteiger partial charge in [0.15, 0.2) is 0 Å². The molecule has 1 amide bonds. The van der Waals surface area contributed by atoms with E-state index in [4.69, 9.17) is 4.74 Å².